The molecule has 2 N–H and O–H groups in total. The highest BCUT2D eigenvalue weighted by atomic mass is 32.2. The summed E-state index contributed by atoms with van der Waals surface area (Å²) < 4.78 is 30.5. The van der Waals surface area contributed by atoms with E-state index in [4.69, 9.17) is 4.74 Å². The number of amides is 1. The fraction of sp³-hybridized carbons (Fsp3) is 0.529. The lowest BCUT2D eigenvalue weighted by atomic mass is 9.86. The molecule has 1 saturated carbocycles. The number of rotatable bonds is 6. The first-order valence-electron chi connectivity index (χ1n) is 8.33. The van der Waals surface area contributed by atoms with E-state index in [-0.39, 0.29) is 29.0 Å². The third-order valence-corrected chi connectivity index (χ3v) is 5.89. The third kappa shape index (κ3) is 5.27. The highest BCUT2D eigenvalue weighted by molar-refractivity contribution is 7.89. The van der Waals surface area contributed by atoms with E-state index in [1.54, 1.807) is 0 Å². The van der Waals surface area contributed by atoms with Gasteiger partial charge in [0.15, 0.2) is 6.61 Å². The van der Waals surface area contributed by atoms with Crippen molar-refractivity contribution in [2.24, 2.45) is 5.92 Å². The molecule has 2 rings (SSSR count). The molecule has 7 nitrogen and oxygen atoms in total. The molecule has 0 saturated heterocycles. The molecule has 1 aliphatic rings. The third-order valence-electron chi connectivity index (χ3n) is 4.46. The van der Waals surface area contributed by atoms with Crippen LogP contribution in [0.5, 0.6) is 0 Å². The van der Waals surface area contributed by atoms with Crippen LogP contribution in [-0.2, 0) is 19.6 Å². The van der Waals surface area contributed by atoms with Gasteiger partial charge in [0.25, 0.3) is 5.91 Å². The smallest absolute Gasteiger partial charge is 0.338 e. The maximum atomic E-state index is 12.0. The fourth-order valence-corrected chi connectivity index (χ4v) is 3.61. The van der Waals surface area contributed by atoms with Gasteiger partial charge in [-0.25, -0.2) is 17.9 Å². The van der Waals surface area contributed by atoms with E-state index >= 15 is 0 Å². The Morgan fingerprint density at radius 3 is 2.40 bits per heavy atom. The molecule has 0 heterocycles. The van der Waals surface area contributed by atoms with Crippen molar-refractivity contribution in [1.82, 2.24) is 10.0 Å². The number of hydrogen-bond donors (Lipinski definition) is 2. The molecule has 1 aromatic rings. The molecule has 0 aliphatic heterocycles. The molecule has 0 aromatic heterocycles. The molecule has 25 heavy (non-hydrogen) atoms. The van der Waals surface area contributed by atoms with E-state index in [0.717, 1.165) is 19.3 Å². The minimum Gasteiger partial charge on any atom is -0.452 e. The van der Waals surface area contributed by atoms with Gasteiger partial charge in [-0.1, -0.05) is 19.8 Å². The van der Waals surface area contributed by atoms with Crippen LogP contribution in [0.15, 0.2) is 29.2 Å². The summed E-state index contributed by atoms with van der Waals surface area (Å²) in [5, 5.41) is 2.91. The summed E-state index contributed by atoms with van der Waals surface area (Å²) in [6.45, 7) is 1.76. The highest BCUT2D eigenvalue weighted by Gasteiger charge is 2.23. The van der Waals surface area contributed by atoms with Crippen molar-refractivity contribution in [3.05, 3.63) is 29.8 Å². The van der Waals surface area contributed by atoms with Gasteiger partial charge in [0.1, 0.15) is 0 Å². The summed E-state index contributed by atoms with van der Waals surface area (Å²) in [6, 6.07) is 5.46. The van der Waals surface area contributed by atoms with Crippen LogP contribution in [0.3, 0.4) is 0 Å². The number of sulfonamides is 1. The molecule has 0 spiro atoms. The average molecular weight is 368 g/mol. The van der Waals surface area contributed by atoms with Crippen LogP contribution < -0.4 is 10.0 Å². The molecule has 0 bridgehead atoms. The number of nitrogens with one attached hydrogen (secondary N) is 2. The van der Waals surface area contributed by atoms with Crippen LogP contribution in [0.25, 0.3) is 0 Å². The monoisotopic (exact) mass is 368 g/mol. The second-order valence-electron chi connectivity index (χ2n) is 6.24. The Morgan fingerprint density at radius 1 is 1.16 bits per heavy atom. The van der Waals surface area contributed by atoms with Gasteiger partial charge in [-0.05, 0) is 50.1 Å². The summed E-state index contributed by atoms with van der Waals surface area (Å²) in [5.41, 5.74) is 0.189. The van der Waals surface area contributed by atoms with Crippen LogP contribution in [-0.4, -0.2) is 40.0 Å². The predicted molar refractivity (Wildman–Crippen MR) is 92.5 cm³/mol. The fourth-order valence-electron chi connectivity index (χ4n) is 2.88. The van der Waals surface area contributed by atoms with Crippen molar-refractivity contribution >= 4 is 21.9 Å². The highest BCUT2D eigenvalue weighted by Crippen LogP contribution is 2.23. The molecule has 2 unspecified atom stereocenters. The molecule has 1 aromatic carbocycles. The number of esters is 1. The van der Waals surface area contributed by atoms with Gasteiger partial charge in [-0.15, -0.1) is 0 Å². The van der Waals surface area contributed by atoms with Gasteiger partial charge in [0.2, 0.25) is 10.0 Å². The van der Waals surface area contributed by atoms with E-state index in [1.165, 1.54) is 37.7 Å². The number of ether oxygens (including phenoxy) is 1. The molecule has 1 amide bonds. The molecule has 2 atom stereocenters. The maximum Gasteiger partial charge on any atom is 0.338 e. The summed E-state index contributed by atoms with van der Waals surface area (Å²) >= 11 is 0. The number of carbonyl (C=O) groups is 2. The maximum absolute atomic E-state index is 12.0. The first-order chi connectivity index (χ1) is 11.8. The first-order valence-corrected chi connectivity index (χ1v) is 9.82. The summed E-state index contributed by atoms with van der Waals surface area (Å²) in [4.78, 5) is 24.0. The van der Waals surface area contributed by atoms with Crippen LogP contribution in [0.2, 0.25) is 0 Å². The van der Waals surface area contributed by atoms with Crippen molar-refractivity contribution < 1.29 is 22.7 Å². The molecule has 0 radical (unpaired) electrons. The first kappa shape index (κ1) is 19.4. The lowest BCUT2D eigenvalue weighted by Gasteiger charge is -2.29. The Labute approximate surface area is 148 Å². The zero-order valence-corrected chi connectivity index (χ0v) is 15.3. The average Bonchev–Trinajstić information content (AvgIpc) is 2.61. The van der Waals surface area contributed by atoms with E-state index in [2.05, 4.69) is 17.0 Å². The zero-order valence-electron chi connectivity index (χ0n) is 14.4. The topological polar surface area (TPSA) is 102 Å². The number of carbonyl (C=O) groups excluding carboxylic acids is 2. The van der Waals surface area contributed by atoms with Gasteiger partial charge in [-0.2, -0.15) is 0 Å². The molecular formula is C17H24N2O5S. The number of benzene rings is 1. The minimum absolute atomic E-state index is 0.0515. The lowest BCUT2D eigenvalue weighted by Crippen LogP contribution is -2.42. The van der Waals surface area contributed by atoms with Gasteiger partial charge >= 0.3 is 5.97 Å². The summed E-state index contributed by atoms with van der Waals surface area (Å²) in [5.74, 6) is -0.559. The van der Waals surface area contributed by atoms with Gasteiger partial charge in [0, 0.05) is 6.04 Å². The zero-order chi connectivity index (χ0) is 18.4. The lowest BCUT2D eigenvalue weighted by molar-refractivity contribution is -0.125. The van der Waals surface area contributed by atoms with Crippen molar-refractivity contribution in [3.8, 4) is 0 Å². The van der Waals surface area contributed by atoms with E-state index < -0.39 is 16.0 Å². The molecule has 1 fully saturated rings. The second kappa shape index (κ2) is 8.44. The van der Waals surface area contributed by atoms with E-state index in [9.17, 15) is 18.0 Å². The second-order valence-corrected chi connectivity index (χ2v) is 8.13. The van der Waals surface area contributed by atoms with Gasteiger partial charge in [-0.3, -0.25) is 4.79 Å². The standard InChI is InChI=1S/C17H24N2O5S/c1-12-5-3-4-6-15(12)19-16(20)11-24-17(21)13-7-9-14(10-8-13)25(22,23)18-2/h7-10,12,15,18H,3-6,11H2,1-2H3,(H,19,20). The molecule has 138 valence electrons. The number of hydrogen-bond acceptors (Lipinski definition) is 5. The van der Waals surface area contributed by atoms with E-state index in [1.807, 2.05) is 0 Å². The Bertz CT molecular complexity index is 715. The van der Waals surface area contributed by atoms with Crippen molar-refractivity contribution in [2.45, 2.75) is 43.5 Å². The van der Waals surface area contributed by atoms with Crippen molar-refractivity contribution in [1.29, 1.82) is 0 Å². The summed E-state index contributed by atoms with van der Waals surface area (Å²) in [6.07, 6.45) is 4.31. The quantitative estimate of drug-likeness (QED) is 0.740. The Kier molecular flexibility index (Phi) is 6.55. The normalized spacial score (nSPS) is 20.7. The minimum atomic E-state index is -3.55. The Balaban J connectivity index is 1.86. The van der Waals surface area contributed by atoms with E-state index in [0.29, 0.717) is 5.92 Å². The molecule has 1 aliphatic carbocycles. The van der Waals surface area contributed by atoms with Crippen molar-refractivity contribution in [3.63, 3.8) is 0 Å². The van der Waals surface area contributed by atoms with Crippen LogP contribution in [0, 0.1) is 5.92 Å². The summed E-state index contributed by atoms with van der Waals surface area (Å²) in [7, 11) is -2.25. The van der Waals surface area contributed by atoms with Gasteiger partial charge < -0.3 is 10.1 Å². The molecule has 8 heteroatoms. The largest absolute Gasteiger partial charge is 0.452 e. The molecular weight excluding hydrogens is 344 g/mol. The van der Waals surface area contributed by atoms with Crippen molar-refractivity contribution in [2.75, 3.05) is 13.7 Å². The van der Waals surface area contributed by atoms with Crippen LogP contribution in [0.1, 0.15) is 43.0 Å². The van der Waals surface area contributed by atoms with Crippen LogP contribution >= 0.6 is 0 Å². The van der Waals surface area contributed by atoms with Gasteiger partial charge in [0.05, 0.1) is 10.5 Å². The Hall–Kier alpha value is -1.93. The van der Waals surface area contributed by atoms with Crippen LogP contribution in [0.4, 0.5) is 0 Å². The predicted octanol–water partition coefficient (Wildman–Crippen LogP) is 1.45. The SMILES string of the molecule is CNS(=O)(=O)c1ccc(C(=O)OCC(=O)NC2CCCCC2C)cc1. The Morgan fingerprint density at radius 2 is 1.80 bits per heavy atom.